The molecule has 0 aliphatic heterocycles. The Bertz CT molecular complexity index is 923. The summed E-state index contributed by atoms with van der Waals surface area (Å²) in [5.74, 6) is 3.58. The largest absolute Gasteiger partial charge is 0.496 e. The van der Waals surface area contributed by atoms with Gasteiger partial charge in [0.05, 0.1) is 7.11 Å². The van der Waals surface area contributed by atoms with Crippen LogP contribution in [0.2, 0.25) is 0 Å². The van der Waals surface area contributed by atoms with Gasteiger partial charge in [-0.1, -0.05) is 78.9 Å². The molecule has 3 fully saturated rings. The molecule has 0 amide bonds. The van der Waals surface area contributed by atoms with Crippen LogP contribution in [0.3, 0.4) is 0 Å². The van der Waals surface area contributed by atoms with Crippen molar-refractivity contribution in [2.45, 2.75) is 44.2 Å². The normalized spacial score (nSPS) is 25.0. The van der Waals surface area contributed by atoms with Crippen molar-refractivity contribution in [2.75, 3.05) is 7.11 Å². The predicted octanol–water partition coefficient (Wildman–Crippen LogP) is 6.42. The summed E-state index contributed by atoms with van der Waals surface area (Å²) in [6.45, 7) is 0.866. The smallest absolute Gasteiger partial charge is 0.123 e. The highest BCUT2D eigenvalue weighted by Gasteiger charge is 2.47. The van der Waals surface area contributed by atoms with Crippen molar-refractivity contribution in [2.24, 2.45) is 17.8 Å². The number of benzene rings is 3. The Labute approximate surface area is 186 Å². The fourth-order valence-electron chi connectivity index (χ4n) is 6.31. The van der Waals surface area contributed by atoms with Crippen molar-refractivity contribution < 1.29 is 4.74 Å². The van der Waals surface area contributed by atoms with Gasteiger partial charge in [0.1, 0.15) is 5.75 Å². The van der Waals surface area contributed by atoms with Crippen LogP contribution >= 0.6 is 0 Å². The third-order valence-corrected chi connectivity index (χ3v) is 7.71. The van der Waals surface area contributed by atoms with Gasteiger partial charge in [0.2, 0.25) is 0 Å². The molecule has 0 radical (unpaired) electrons. The summed E-state index contributed by atoms with van der Waals surface area (Å²) in [6, 6.07) is 31.3. The molecule has 2 bridgehead atoms. The fourth-order valence-corrected chi connectivity index (χ4v) is 6.31. The Morgan fingerprint density at radius 1 is 0.742 bits per heavy atom. The van der Waals surface area contributed by atoms with Crippen LogP contribution in [0.1, 0.15) is 48.3 Å². The van der Waals surface area contributed by atoms with E-state index in [-0.39, 0.29) is 0 Å². The Balaban J connectivity index is 1.49. The van der Waals surface area contributed by atoms with Gasteiger partial charge in [-0.2, -0.15) is 0 Å². The summed E-state index contributed by atoms with van der Waals surface area (Å²) >= 11 is 0. The zero-order chi connectivity index (χ0) is 21.0. The molecule has 2 heteroatoms. The van der Waals surface area contributed by atoms with E-state index in [4.69, 9.17) is 4.74 Å². The lowest BCUT2D eigenvalue weighted by molar-refractivity contribution is 0.0400. The highest BCUT2D eigenvalue weighted by atomic mass is 16.5. The van der Waals surface area contributed by atoms with Crippen molar-refractivity contribution in [1.29, 1.82) is 0 Å². The molecule has 3 aliphatic rings. The second-order valence-corrected chi connectivity index (χ2v) is 9.27. The topological polar surface area (TPSA) is 21.3 Å². The van der Waals surface area contributed by atoms with Gasteiger partial charge < -0.3 is 10.1 Å². The fraction of sp³-hybridized carbons (Fsp3) is 0.379. The Kier molecular flexibility index (Phi) is 6.08. The molecule has 0 spiro atoms. The first-order chi connectivity index (χ1) is 15.3. The first-order valence-corrected chi connectivity index (χ1v) is 11.8. The third-order valence-electron chi connectivity index (χ3n) is 7.71. The average molecular weight is 412 g/mol. The van der Waals surface area contributed by atoms with E-state index in [1.54, 1.807) is 7.11 Å². The number of nitrogens with one attached hydrogen (secondary N) is 1. The van der Waals surface area contributed by atoms with E-state index in [1.165, 1.54) is 42.4 Å². The van der Waals surface area contributed by atoms with E-state index in [2.05, 4.69) is 90.2 Å². The van der Waals surface area contributed by atoms with Gasteiger partial charge in [-0.3, -0.25) is 0 Å². The van der Waals surface area contributed by atoms with Crippen LogP contribution in [0.25, 0.3) is 0 Å². The minimum absolute atomic E-state index is 0.436. The molecule has 3 aliphatic carbocycles. The van der Waals surface area contributed by atoms with Crippen molar-refractivity contribution in [3.8, 4) is 5.75 Å². The first-order valence-electron chi connectivity index (χ1n) is 11.8. The van der Waals surface area contributed by atoms with Crippen LogP contribution < -0.4 is 10.1 Å². The molecule has 0 unspecified atom stereocenters. The number of ether oxygens (including phenoxy) is 1. The lowest BCUT2D eigenvalue weighted by Crippen LogP contribution is -2.53. The molecular weight excluding hydrogens is 378 g/mol. The molecule has 160 valence electrons. The molecule has 0 aromatic heterocycles. The third kappa shape index (κ3) is 4.14. The summed E-state index contributed by atoms with van der Waals surface area (Å²) < 4.78 is 5.62. The SMILES string of the molecule is COc1ccccc1CN[C@@H]1C2CCC(CC2)[C@@H]1C(c1ccccc1)c1ccccc1. The molecule has 2 nitrogen and oxygen atoms in total. The van der Waals surface area contributed by atoms with E-state index in [9.17, 15) is 0 Å². The van der Waals surface area contributed by atoms with Crippen LogP contribution in [0.5, 0.6) is 5.75 Å². The van der Waals surface area contributed by atoms with Gasteiger partial charge >= 0.3 is 0 Å². The molecule has 3 aromatic rings. The van der Waals surface area contributed by atoms with Gasteiger partial charge in [-0.15, -0.1) is 0 Å². The van der Waals surface area contributed by atoms with E-state index < -0.39 is 0 Å². The van der Waals surface area contributed by atoms with Crippen LogP contribution in [-0.4, -0.2) is 13.2 Å². The average Bonchev–Trinajstić information content (AvgIpc) is 2.85. The van der Waals surface area contributed by atoms with Crippen molar-refractivity contribution in [1.82, 2.24) is 5.32 Å². The summed E-state index contributed by atoms with van der Waals surface area (Å²) in [4.78, 5) is 0. The van der Waals surface area contributed by atoms with Gasteiger partial charge in [-0.05, 0) is 60.6 Å². The van der Waals surface area contributed by atoms with Crippen LogP contribution in [0.4, 0.5) is 0 Å². The molecule has 31 heavy (non-hydrogen) atoms. The maximum atomic E-state index is 5.62. The summed E-state index contributed by atoms with van der Waals surface area (Å²) in [7, 11) is 1.77. The zero-order valence-corrected chi connectivity index (χ0v) is 18.4. The summed E-state index contributed by atoms with van der Waals surface area (Å²) in [5, 5.41) is 4.03. The maximum absolute atomic E-state index is 5.62. The van der Waals surface area contributed by atoms with Gasteiger partial charge in [-0.25, -0.2) is 0 Å². The number of rotatable bonds is 7. The van der Waals surface area contributed by atoms with Crippen molar-refractivity contribution in [3.05, 3.63) is 102 Å². The first kappa shape index (κ1) is 20.3. The van der Waals surface area contributed by atoms with Crippen LogP contribution in [-0.2, 0) is 6.54 Å². The van der Waals surface area contributed by atoms with Crippen molar-refractivity contribution >= 4 is 0 Å². The molecule has 6 rings (SSSR count). The Morgan fingerprint density at radius 2 is 1.29 bits per heavy atom. The molecule has 1 N–H and O–H groups in total. The monoisotopic (exact) mass is 411 g/mol. The van der Waals surface area contributed by atoms with E-state index >= 15 is 0 Å². The second kappa shape index (κ2) is 9.28. The lowest BCUT2D eigenvalue weighted by Gasteiger charge is -2.52. The molecule has 3 saturated carbocycles. The summed E-state index contributed by atoms with van der Waals surface area (Å²) in [5.41, 5.74) is 4.16. The minimum Gasteiger partial charge on any atom is -0.496 e. The standard InChI is InChI=1S/C29H33NO/c1-31-26-15-9-8-14-25(26)20-30-29-24-18-16-23(17-19-24)28(29)27(21-10-4-2-5-11-21)22-12-6-3-7-13-22/h2-15,23-24,27-30H,16-20H2,1H3/t23?,24?,28-,29-/m1/s1. The quantitative estimate of drug-likeness (QED) is 0.484. The van der Waals surface area contributed by atoms with E-state index in [1.807, 2.05) is 0 Å². The number of hydrogen-bond acceptors (Lipinski definition) is 2. The van der Waals surface area contributed by atoms with Crippen LogP contribution in [0, 0.1) is 17.8 Å². The maximum Gasteiger partial charge on any atom is 0.123 e. The predicted molar refractivity (Wildman–Crippen MR) is 127 cm³/mol. The number of hydrogen-bond donors (Lipinski definition) is 1. The Morgan fingerprint density at radius 3 is 1.90 bits per heavy atom. The second-order valence-electron chi connectivity index (χ2n) is 9.27. The van der Waals surface area contributed by atoms with Gasteiger partial charge in [0.25, 0.3) is 0 Å². The van der Waals surface area contributed by atoms with Crippen molar-refractivity contribution in [3.63, 3.8) is 0 Å². The van der Waals surface area contributed by atoms with E-state index in [0.717, 1.165) is 24.1 Å². The molecule has 0 saturated heterocycles. The Hall–Kier alpha value is -2.58. The molecule has 0 heterocycles. The van der Waals surface area contributed by atoms with E-state index in [0.29, 0.717) is 17.9 Å². The van der Waals surface area contributed by atoms with Gasteiger partial charge in [0, 0.05) is 24.1 Å². The molecular formula is C29H33NO. The molecule has 2 atom stereocenters. The number of fused-ring (bicyclic) bond motifs is 3. The number of para-hydroxylation sites is 1. The van der Waals surface area contributed by atoms with Gasteiger partial charge in [0.15, 0.2) is 0 Å². The zero-order valence-electron chi connectivity index (χ0n) is 18.4. The minimum atomic E-state index is 0.436. The molecule has 3 aromatic carbocycles. The highest BCUT2D eigenvalue weighted by Crippen LogP contribution is 2.52. The lowest BCUT2D eigenvalue weighted by atomic mass is 9.56. The summed E-state index contributed by atoms with van der Waals surface area (Å²) in [6.07, 6.45) is 5.47. The number of methoxy groups -OCH3 is 1. The highest BCUT2D eigenvalue weighted by molar-refractivity contribution is 5.36. The van der Waals surface area contributed by atoms with Crippen LogP contribution in [0.15, 0.2) is 84.9 Å².